The van der Waals surface area contributed by atoms with E-state index in [1.54, 1.807) is 30.9 Å². The largest absolute Gasteiger partial charge is 0.481 e. The number of nitrogens with zero attached hydrogens (tertiary/aromatic N) is 1. The van der Waals surface area contributed by atoms with E-state index < -0.39 is 6.10 Å². The van der Waals surface area contributed by atoms with Crippen LogP contribution in [-0.2, 0) is 4.79 Å². The first-order chi connectivity index (χ1) is 12.9. The number of aryl methyl sites for hydroxylation is 2. The number of rotatable bonds is 5. The fourth-order valence-electron chi connectivity index (χ4n) is 3.26. The molecule has 1 aliphatic rings. The zero-order valence-electron chi connectivity index (χ0n) is 16.0. The molecular formula is C21H26N2O4. The molecular weight excluding hydrogens is 344 g/mol. The van der Waals surface area contributed by atoms with E-state index in [4.69, 9.17) is 9.15 Å². The number of piperidine rings is 1. The molecule has 144 valence electrons. The van der Waals surface area contributed by atoms with Gasteiger partial charge < -0.3 is 19.4 Å². The molecule has 3 rings (SSSR count). The number of benzene rings is 1. The highest BCUT2D eigenvalue weighted by Crippen LogP contribution is 2.17. The van der Waals surface area contributed by atoms with Crippen LogP contribution in [-0.4, -0.2) is 41.9 Å². The van der Waals surface area contributed by atoms with Crippen molar-refractivity contribution in [2.24, 2.45) is 0 Å². The van der Waals surface area contributed by atoms with Crippen molar-refractivity contribution in [1.29, 1.82) is 0 Å². The van der Waals surface area contributed by atoms with Crippen LogP contribution in [0.15, 0.2) is 40.8 Å². The molecule has 6 nitrogen and oxygen atoms in total. The molecule has 2 aromatic rings. The van der Waals surface area contributed by atoms with Crippen molar-refractivity contribution in [2.45, 2.75) is 45.8 Å². The number of amides is 2. The predicted molar refractivity (Wildman–Crippen MR) is 102 cm³/mol. The molecule has 0 bridgehead atoms. The Balaban J connectivity index is 1.48. The molecule has 1 aromatic carbocycles. The third kappa shape index (κ3) is 4.90. The number of likely N-dealkylation sites (tertiary alicyclic amines) is 1. The van der Waals surface area contributed by atoms with Crippen LogP contribution < -0.4 is 10.1 Å². The SMILES string of the molecule is Cc1cccc(OC(C)C(=O)N2CCC(NC(=O)c3ccc(C)o3)CC2)c1. The monoisotopic (exact) mass is 370 g/mol. The summed E-state index contributed by atoms with van der Waals surface area (Å²) in [6.07, 6.45) is 0.895. The lowest BCUT2D eigenvalue weighted by atomic mass is 10.0. The molecule has 1 fully saturated rings. The zero-order chi connectivity index (χ0) is 19.4. The number of furan rings is 1. The summed E-state index contributed by atoms with van der Waals surface area (Å²) in [6.45, 7) is 6.77. The Labute approximate surface area is 159 Å². The van der Waals surface area contributed by atoms with Crippen LogP contribution >= 0.6 is 0 Å². The molecule has 1 aromatic heterocycles. The lowest BCUT2D eigenvalue weighted by Gasteiger charge is -2.33. The van der Waals surface area contributed by atoms with Crippen LogP contribution in [0, 0.1) is 13.8 Å². The van der Waals surface area contributed by atoms with Gasteiger partial charge in [-0.3, -0.25) is 9.59 Å². The Morgan fingerprint density at radius 3 is 2.56 bits per heavy atom. The molecule has 1 saturated heterocycles. The van der Waals surface area contributed by atoms with Gasteiger partial charge >= 0.3 is 0 Å². The molecule has 1 aliphatic heterocycles. The van der Waals surface area contributed by atoms with Crippen molar-refractivity contribution in [2.75, 3.05) is 13.1 Å². The van der Waals surface area contributed by atoms with Gasteiger partial charge in [0.25, 0.3) is 11.8 Å². The van der Waals surface area contributed by atoms with Gasteiger partial charge in [0.2, 0.25) is 0 Å². The summed E-state index contributed by atoms with van der Waals surface area (Å²) in [5.74, 6) is 1.51. The predicted octanol–water partition coefficient (Wildman–Crippen LogP) is 3.08. The maximum atomic E-state index is 12.6. The molecule has 0 spiro atoms. The van der Waals surface area contributed by atoms with Crippen molar-refractivity contribution < 1.29 is 18.7 Å². The van der Waals surface area contributed by atoms with Gasteiger partial charge in [0.1, 0.15) is 11.5 Å². The van der Waals surface area contributed by atoms with E-state index >= 15 is 0 Å². The van der Waals surface area contributed by atoms with E-state index in [1.165, 1.54) is 0 Å². The van der Waals surface area contributed by atoms with Crippen LogP contribution in [0.4, 0.5) is 0 Å². The van der Waals surface area contributed by atoms with Gasteiger partial charge in [0.15, 0.2) is 11.9 Å². The summed E-state index contributed by atoms with van der Waals surface area (Å²) in [6, 6.07) is 11.2. The fourth-order valence-corrected chi connectivity index (χ4v) is 3.26. The first-order valence-electron chi connectivity index (χ1n) is 9.32. The van der Waals surface area contributed by atoms with E-state index in [-0.39, 0.29) is 17.9 Å². The molecule has 2 heterocycles. The highest BCUT2D eigenvalue weighted by molar-refractivity contribution is 5.91. The van der Waals surface area contributed by atoms with Crippen molar-refractivity contribution in [3.8, 4) is 5.75 Å². The number of ether oxygens (including phenoxy) is 1. The van der Waals surface area contributed by atoms with E-state index in [0.717, 1.165) is 5.56 Å². The topological polar surface area (TPSA) is 71.8 Å². The normalized spacial score (nSPS) is 16.0. The maximum absolute atomic E-state index is 12.6. The Bertz CT molecular complexity index is 806. The number of carbonyl (C=O) groups excluding carboxylic acids is 2. The number of hydrogen-bond acceptors (Lipinski definition) is 4. The summed E-state index contributed by atoms with van der Waals surface area (Å²) in [4.78, 5) is 26.6. The first kappa shape index (κ1) is 19.0. The lowest BCUT2D eigenvalue weighted by Crippen LogP contribution is -2.49. The summed E-state index contributed by atoms with van der Waals surface area (Å²) in [7, 11) is 0. The molecule has 0 saturated carbocycles. The highest BCUT2D eigenvalue weighted by Gasteiger charge is 2.28. The summed E-state index contributed by atoms with van der Waals surface area (Å²) >= 11 is 0. The third-order valence-corrected chi connectivity index (χ3v) is 4.76. The van der Waals surface area contributed by atoms with Crippen molar-refractivity contribution in [1.82, 2.24) is 10.2 Å². The van der Waals surface area contributed by atoms with Gasteiger partial charge in [-0.15, -0.1) is 0 Å². The van der Waals surface area contributed by atoms with Crippen molar-refractivity contribution in [3.05, 3.63) is 53.5 Å². The number of hydrogen-bond donors (Lipinski definition) is 1. The van der Waals surface area contributed by atoms with Gasteiger partial charge in [0.05, 0.1) is 0 Å². The van der Waals surface area contributed by atoms with Gasteiger partial charge in [-0.2, -0.15) is 0 Å². The van der Waals surface area contributed by atoms with Crippen LogP contribution in [0.1, 0.15) is 41.6 Å². The van der Waals surface area contributed by atoms with Gasteiger partial charge in [-0.25, -0.2) is 0 Å². The second-order valence-corrected chi connectivity index (χ2v) is 7.06. The van der Waals surface area contributed by atoms with E-state index in [1.807, 2.05) is 31.2 Å². The van der Waals surface area contributed by atoms with Crippen LogP contribution in [0.2, 0.25) is 0 Å². The minimum absolute atomic E-state index is 0.0251. The second kappa shape index (κ2) is 8.29. The second-order valence-electron chi connectivity index (χ2n) is 7.06. The molecule has 1 unspecified atom stereocenters. The first-order valence-corrected chi connectivity index (χ1v) is 9.32. The molecule has 0 radical (unpaired) electrons. The van der Waals surface area contributed by atoms with Crippen molar-refractivity contribution >= 4 is 11.8 Å². The van der Waals surface area contributed by atoms with Crippen molar-refractivity contribution in [3.63, 3.8) is 0 Å². The Kier molecular flexibility index (Phi) is 5.84. The molecule has 1 atom stereocenters. The minimum atomic E-state index is -0.538. The molecule has 6 heteroatoms. The lowest BCUT2D eigenvalue weighted by molar-refractivity contribution is -0.139. The van der Waals surface area contributed by atoms with Crippen LogP contribution in [0.3, 0.4) is 0 Å². The zero-order valence-corrected chi connectivity index (χ0v) is 16.0. The summed E-state index contributed by atoms with van der Waals surface area (Å²) < 4.78 is 11.1. The number of nitrogens with one attached hydrogen (secondary N) is 1. The van der Waals surface area contributed by atoms with E-state index in [9.17, 15) is 9.59 Å². The van der Waals surface area contributed by atoms with Gasteiger partial charge in [-0.1, -0.05) is 12.1 Å². The van der Waals surface area contributed by atoms with Gasteiger partial charge in [-0.05, 0) is 63.4 Å². The maximum Gasteiger partial charge on any atom is 0.287 e. The van der Waals surface area contributed by atoms with E-state index in [2.05, 4.69) is 5.32 Å². The molecule has 1 N–H and O–H groups in total. The van der Waals surface area contributed by atoms with Crippen LogP contribution in [0.5, 0.6) is 5.75 Å². The summed E-state index contributed by atoms with van der Waals surface area (Å²) in [5, 5.41) is 2.98. The molecule has 0 aliphatic carbocycles. The molecule has 2 amide bonds. The standard InChI is InChI=1S/C21H26N2O4/c1-14-5-4-6-18(13-14)27-16(3)21(25)23-11-9-17(10-12-23)22-20(24)19-8-7-15(2)26-19/h4-8,13,16-17H,9-12H2,1-3H3,(H,22,24). The minimum Gasteiger partial charge on any atom is -0.481 e. The van der Waals surface area contributed by atoms with E-state index in [0.29, 0.717) is 43.2 Å². The van der Waals surface area contributed by atoms with Gasteiger partial charge in [0, 0.05) is 19.1 Å². The quantitative estimate of drug-likeness (QED) is 0.878. The third-order valence-electron chi connectivity index (χ3n) is 4.76. The summed E-state index contributed by atoms with van der Waals surface area (Å²) in [5.41, 5.74) is 1.09. The average molecular weight is 370 g/mol. The Morgan fingerprint density at radius 1 is 1.19 bits per heavy atom. The smallest absolute Gasteiger partial charge is 0.287 e. The Hall–Kier alpha value is -2.76. The Morgan fingerprint density at radius 2 is 1.93 bits per heavy atom. The highest BCUT2D eigenvalue weighted by atomic mass is 16.5. The van der Waals surface area contributed by atoms with Crippen LogP contribution in [0.25, 0.3) is 0 Å². The average Bonchev–Trinajstić information content (AvgIpc) is 3.08. The fraction of sp³-hybridized carbons (Fsp3) is 0.429. The number of carbonyl (C=O) groups is 2. The molecule has 27 heavy (non-hydrogen) atoms.